The molecule has 0 aliphatic rings. The molecule has 0 radical (unpaired) electrons. The number of benzene rings is 1. The Morgan fingerprint density at radius 2 is 1.95 bits per heavy atom. The normalized spacial score (nSPS) is 12.3. The highest BCUT2D eigenvalue weighted by atomic mass is 19.1. The van der Waals surface area contributed by atoms with E-state index in [1.807, 2.05) is 6.92 Å². The van der Waals surface area contributed by atoms with Crippen molar-refractivity contribution in [2.45, 2.75) is 19.4 Å². The second kappa shape index (κ2) is 6.43. The number of nitrogen functional groups attached to an aromatic ring is 1. The van der Waals surface area contributed by atoms with Gasteiger partial charge in [-0.1, -0.05) is 6.92 Å². The molecule has 1 heterocycles. The monoisotopic (exact) mass is 277 g/mol. The van der Waals surface area contributed by atoms with Gasteiger partial charge < -0.3 is 11.1 Å². The number of halogens is 2. The zero-order valence-corrected chi connectivity index (χ0v) is 11.2. The molecule has 0 saturated carbocycles. The van der Waals surface area contributed by atoms with Gasteiger partial charge in [-0.3, -0.25) is 4.98 Å². The first-order valence-electron chi connectivity index (χ1n) is 6.50. The summed E-state index contributed by atoms with van der Waals surface area (Å²) >= 11 is 0. The number of nitrogens with zero attached hydrogens (tertiary/aromatic N) is 1. The van der Waals surface area contributed by atoms with Crippen LogP contribution in [0.1, 0.15) is 30.5 Å². The molecule has 5 heteroatoms. The first-order chi connectivity index (χ1) is 9.61. The lowest BCUT2D eigenvalue weighted by molar-refractivity contribution is 0.558. The quantitative estimate of drug-likeness (QED) is 0.883. The van der Waals surface area contributed by atoms with E-state index in [0.717, 1.165) is 12.5 Å². The van der Waals surface area contributed by atoms with Crippen LogP contribution in [-0.2, 0) is 0 Å². The van der Waals surface area contributed by atoms with Crippen molar-refractivity contribution in [1.82, 2.24) is 10.3 Å². The number of rotatable bonds is 5. The fraction of sp³-hybridized carbons (Fsp3) is 0.267. The predicted octanol–water partition coefficient (Wildman–Crippen LogP) is 3.03. The summed E-state index contributed by atoms with van der Waals surface area (Å²) in [7, 11) is 0. The van der Waals surface area contributed by atoms with Crippen molar-refractivity contribution in [3.05, 3.63) is 59.4 Å². The Morgan fingerprint density at radius 3 is 2.55 bits per heavy atom. The number of aromatic nitrogens is 1. The molecule has 3 nitrogen and oxygen atoms in total. The zero-order chi connectivity index (χ0) is 14.5. The van der Waals surface area contributed by atoms with E-state index in [9.17, 15) is 8.78 Å². The second-order valence-corrected chi connectivity index (χ2v) is 4.59. The van der Waals surface area contributed by atoms with Crippen LogP contribution in [0.5, 0.6) is 0 Å². The molecule has 20 heavy (non-hydrogen) atoms. The molecular weight excluding hydrogens is 260 g/mol. The summed E-state index contributed by atoms with van der Waals surface area (Å²) in [5.41, 5.74) is 7.69. The van der Waals surface area contributed by atoms with Crippen molar-refractivity contribution in [2.75, 3.05) is 12.3 Å². The molecule has 0 fully saturated rings. The summed E-state index contributed by atoms with van der Waals surface area (Å²) in [5.74, 6) is -1.21. The lowest BCUT2D eigenvalue weighted by Crippen LogP contribution is -2.24. The molecule has 106 valence electrons. The fourth-order valence-corrected chi connectivity index (χ4v) is 2.10. The Hall–Kier alpha value is -2.01. The van der Waals surface area contributed by atoms with Gasteiger partial charge in [-0.15, -0.1) is 0 Å². The molecule has 0 aliphatic heterocycles. The Morgan fingerprint density at radius 1 is 1.25 bits per heavy atom. The average molecular weight is 277 g/mol. The number of hydrogen-bond acceptors (Lipinski definition) is 3. The minimum absolute atomic E-state index is 0.381. The van der Waals surface area contributed by atoms with E-state index >= 15 is 0 Å². The second-order valence-electron chi connectivity index (χ2n) is 4.59. The predicted molar refractivity (Wildman–Crippen MR) is 75.1 cm³/mol. The van der Waals surface area contributed by atoms with Gasteiger partial charge in [0.25, 0.3) is 0 Å². The van der Waals surface area contributed by atoms with Gasteiger partial charge in [0.1, 0.15) is 11.6 Å². The molecule has 0 aliphatic carbocycles. The maximum Gasteiger partial charge on any atom is 0.126 e. The van der Waals surface area contributed by atoms with E-state index in [2.05, 4.69) is 10.3 Å². The number of pyridine rings is 1. The minimum atomic E-state index is -0.606. The lowest BCUT2D eigenvalue weighted by Gasteiger charge is -2.21. The van der Waals surface area contributed by atoms with Gasteiger partial charge in [0.05, 0.1) is 6.04 Å². The maximum atomic E-state index is 13.4. The van der Waals surface area contributed by atoms with E-state index in [0.29, 0.717) is 23.4 Å². The van der Waals surface area contributed by atoms with Crippen LogP contribution in [0.2, 0.25) is 0 Å². The van der Waals surface area contributed by atoms with Crippen LogP contribution in [-0.4, -0.2) is 11.5 Å². The van der Waals surface area contributed by atoms with Crippen LogP contribution >= 0.6 is 0 Å². The summed E-state index contributed by atoms with van der Waals surface area (Å²) in [4.78, 5) is 4.04. The molecule has 1 unspecified atom stereocenters. The van der Waals surface area contributed by atoms with E-state index in [1.54, 1.807) is 18.5 Å². The molecule has 2 aromatic rings. The van der Waals surface area contributed by atoms with E-state index in [4.69, 9.17) is 5.73 Å². The molecule has 1 atom stereocenters. The van der Waals surface area contributed by atoms with Gasteiger partial charge in [-0.05, 0) is 36.7 Å². The third-order valence-corrected chi connectivity index (χ3v) is 3.01. The lowest BCUT2D eigenvalue weighted by atomic mass is 9.98. The topological polar surface area (TPSA) is 50.9 Å². The summed E-state index contributed by atoms with van der Waals surface area (Å²) in [6.45, 7) is 2.72. The zero-order valence-electron chi connectivity index (χ0n) is 11.2. The van der Waals surface area contributed by atoms with Crippen LogP contribution in [0.4, 0.5) is 14.5 Å². The van der Waals surface area contributed by atoms with Gasteiger partial charge in [-0.25, -0.2) is 8.78 Å². The van der Waals surface area contributed by atoms with Crippen molar-refractivity contribution in [1.29, 1.82) is 0 Å². The SMILES string of the molecule is CCCNC(c1cc(F)cc(F)c1)c1cnccc1N. The van der Waals surface area contributed by atoms with Crippen molar-refractivity contribution >= 4 is 5.69 Å². The highest BCUT2D eigenvalue weighted by Gasteiger charge is 2.17. The van der Waals surface area contributed by atoms with Crippen molar-refractivity contribution in [3.8, 4) is 0 Å². The van der Waals surface area contributed by atoms with Crippen LogP contribution in [0.25, 0.3) is 0 Å². The maximum absolute atomic E-state index is 13.4. The van der Waals surface area contributed by atoms with Gasteiger partial charge in [0, 0.05) is 29.7 Å². The van der Waals surface area contributed by atoms with Crippen molar-refractivity contribution < 1.29 is 8.78 Å². The molecule has 3 N–H and O–H groups in total. The molecular formula is C15H17F2N3. The van der Waals surface area contributed by atoms with Crippen molar-refractivity contribution in [3.63, 3.8) is 0 Å². The first-order valence-corrected chi connectivity index (χ1v) is 6.50. The molecule has 2 rings (SSSR count). The summed E-state index contributed by atoms with van der Waals surface area (Å²) in [6.07, 6.45) is 4.10. The highest BCUT2D eigenvalue weighted by Crippen LogP contribution is 2.27. The number of nitrogens with two attached hydrogens (primary N) is 1. The van der Waals surface area contributed by atoms with Crippen LogP contribution in [0.3, 0.4) is 0 Å². The third kappa shape index (κ3) is 3.30. The van der Waals surface area contributed by atoms with Gasteiger partial charge in [-0.2, -0.15) is 0 Å². The first kappa shape index (κ1) is 14.4. The average Bonchev–Trinajstić information content (AvgIpc) is 2.40. The molecule has 0 bridgehead atoms. The minimum Gasteiger partial charge on any atom is -0.398 e. The Labute approximate surface area is 116 Å². The van der Waals surface area contributed by atoms with Gasteiger partial charge in [0.2, 0.25) is 0 Å². The summed E-state index contributed by atoms with van der Waals surface area (Å²) in [6, 6.07) is 4.76. The Kier molecular flexibility index (Phi) is 4.63. The van der Waals surface area contributed by atoms with Crippen LogP contribution in [0, 0.1) is 11.6 Å². The van der Waals surface area contributed by atoms with Crippen LogP contribution < -0.4 is 11.1 Å². The number of hydrogen-bond donors (Lipinski definition) is 2. The molecule has 0 amide bonds. The highest BCUT2D eigenvalue weighted by molar-refractivity contribution is 5.49. The van der Waals surface area contributed by atoms with Crippen molar-refractivity contribution in [2.24, 2.45) is 0 Å². The Balaban J connectivity index is 2.44. The largest absolute Gasteiger partial charge is 0.398 e. The number of nitrogens with one attached hydrogen (secondary N) is 1. The van der Waals surface area contributed by atoms with E-state index < -0.39 is 11.6 Å². The smallest absolute Gasteiger partial charge is 0.126 e. The summed E-state index contributed by atoms with van der Waals surface area (Å²) < 4.78 is 26.8. The molecule has 1 aromatic carbocycles. The van der Waals surface area contributed by atoms with Gasteiger partial charge in [0.15, 0.2) is 0 Å². The summed E-state index contributed by atoms with van der Waals surface area (Å²) in [5, 5.41) is 3.24. The van der Waals surface area contributed by atoms with E-state index in [-0.39, 0.29) is 6.04 Å². The Bertz CT molecular complexity index is 567. The van der Waals surface area contributed by atoms with Gasteiger partial charge >= 0.3 is 0 Å². The molecule has 1 aromatic heterocycles. The standard InChI is InChI=1S/C15H17F2N3/c1-2-4-20-15(13-9-19-5-3-14(13)18)10-6-11(16)8-12(17)7-10/h3,5-9,15,20H,2,4H2,1H3,(H2,18,19). The molecule has 0 saturated heterocycles. The van der Waals surface area contributed by atoms with E-state index in [1.165, 1.54) is 12.1 Å². The van der Waals surface area contributed by atoms with Crippen LogP contribution in [0.15, 0.2) is 36.7 Å². The fourth-order valence-electron chi connectivity index (χ4n) is 2.10. The molecule has 0 spiro atoms. The third-order valence-electron chi connectivity index (χ3n) is 3.01. The number of anilines is 1.